The fourth-order valence-electron chi connectivity index (χ4n) is 2.15. The Hall–Kier alpha value is -3.68. The van der Waals surface area contributed by atoms with Crippen LogP contribution in [-0.4, -0.2) is 10.2 Å². The summed E-state index contributed by atoms with van der Waals surface area (Å²) < 4.78 is 37.8. The smallest absolute Gasteiger partial charge is 0.175 e. The van der Waals surface area contributed by atoms with Crippen molar-refractivity contribution in [2.24, 2.45) is 0 Å². The van der Waals surface area contributed by atoms with Crippen molar-refractivity contribution in [1.82, 2.24) is 0 Å². The summed E-state index contributed by atoms with van der Waals surface area (Å²) in [7, 11) is 0. The topological polar surface area (TPSA) is 111 Å². The zero-order valence-electron chi connectivity index (χ0n) is 13.2. The highest BCUT2D eigenvalue weighted by Gasteiger charge is 2.10. The van der Waals surface area contributed by atoms with Gasteiger partial charge in [-0.25, -0.2) is 8.78 Å². The lowest BCUT2D eigenvalue weighted by molar-refractivity contribution is 0.424. The number of nitrogens with two attached hydrogens (primary N) is 2. The van der Waals surface area contributed by atoms with Crippen molar-refractivity contribution in [1.29, 1.82) is 0 Å². The number of phenols is 2. The highest BCUT2D eigenvalue weighted by molar-refractivity contribution is 5.57. The van der Waals surface area contributed by atoms with Gasteiger partial charge in [0.1, 0.15) is 23.0 Å². The first kappa shape index (κ1) is 17.2. The molecule has 0 fully saturated rings. The highest BCUT2D eigenvalue weighted by Crippen LogP contribution is 2.34. The molecule has 3 aromatic carbocycles. The molecule has 8 heteroatoms. The molecule has 6 N–H and O–H groups in total. The van der Waals surface area contributed by atoms with Gasteiger partial charge in [-0.3, -0.25) is 0 Å². The third kappa shape index (κ3) is 3.54. The molecular formula is C18H14F2N2O4. The molecule has 0 aromatic heterocycles. The lowest BCUT2D eigenvalue weighted by Crippen LogP contribution is -1.93. The van der Waals surface area contributed by atoms with Crippen molar-refractivity contribution in [2.45, 2.75) is 0 Å². The summed E-state index contributed by atoms with van der Waals surface area (Å²) in [4.78, 5) is 0. The van der Waals surface area contributed by atoms with E-state index < -0.39 is 23.1 Å². The largest absolute Gasteiger partial charge is 0.503 e. The lowest BCUT2D eigenvalue weighted by Gasteiger charge is -2.10. The van der Waals surface area contributed by atoms with E-state index >= 15 is 0 Å². The number of nitrogen functional groups attached to an aromatic ring is 2. The van der Waals surface area contributed by atoms with E-state index in [1.165, 1.54) is 36.4 Å². The number of anilines is 2. The molecule has 0 aliphatic carbocycles. The standard InChI is InChI=1S/C18H14F2N2O4/c19-13-5-11(7-15(21)17(13)23)25-9-1-2-10(4-3-9)26-12-6-14(20)18(24)16(22)8-12/h1-8,23-24H,21-22H2. The molecule has 3 aromatic rings. The maximum atomic E-state index is 13.5. The second-order valence-electron chi connectivity index (χ2n) is 5.36. The number of ether oxygens (including phenoxy) is 2. The highest BCUT2D eigenvalue weighted by atomic mass is 19.1. The van der Waals surface area contributed by atoms with Crippen molar-refractivity contribution in [3.8, 4) is 34.5 Å². The van der Waals surface area contributed by atoms with Crippen LogP contribution >= 0.6 is 0 Å². The molecule has 26 heavy (non-hydrogen) atoms. The van der Waals surface area contributed by atoms with Gasteiger partial charge in [-0.1, -0.05) is 0 Å². The Balaban J connectivity index is 1.75. The zero-order chi connectivity index (χ0) is 18.8. The number of benzene rings is 3. The zero-order valence-corrected chi connectivity index (χ0v) is 13.2. The van der Waals surface area contributed by atoms with Gasteiger partial charge in [0.25, 0.3) is 0 Å². The third-order valence-electron chi connectivity index (χ3n) is 3.43. The first-order valence-corrected chi connectivity index (χ1v) is 7.35. The molecule has 0 atom stereocenters. The van der Waals surface area contributed by atoms with Crippen LogP contribution in [-0.2, 0) is 0 Å². The normalized spacial score (nSPS) is 10.5. The number of hydrogen-bond donors (Lipinski definition) is 4. The third-order valence-corrected chi connectivity index (χ3v) is 3.43. The Kier molecular flexibility index (Phi) is 4.40. The number of rotatable bonds is 4. The van der Waals surface area contributed by atoms with Crippen LogP contribution in [0.15, 0.2) is 48.5 Å². The van der Waals surface area contributed by atoms with Crippen molar-refractivity contribution in [3.63, 3.8) is 0 Å². The maximum absolute atomic E-state index is 13.5. The van der Waals surface area contributed by atoms with E-state index in [0.29, 0.717) is 11.5 Å². The van der Waals surface area contributed by atoms with Crippen molar-refractivity contribution >= 4 is 11.4 Å². The molecule has 0 bridgehead atoms. The monoisotopic (exact) mass is 360 g/mol. The van der Waals surface area contributed by atoms with E-state index in [4.69, 9.17) is 20.9 Å². The fraction of sp³-hybridized carbons (Fsp3) is 0. The first-order chi connectivity index (χ1) is 12.3. The van der Waals surface area contributed by atoms with Crippen LogP contribution in [0, 0.1) is 11.6 Å². The molecular weight excluding hydrogens is 346 g/mol. The minimum atomic E-state index is -0.896. The summed E-state index contributed by atoms with van der Waals surface area (Å²) in [5.74, 6) is -2.13. The summed E-state index contributed by atoms with van der Waals surface area (Å²) >= 11 is 0. The Morgan fingerprint density at radius 1 is 0.615 bits per heavy atom. The van der Waals surface area contributed by atoms with Crippen LogP contribution in [0.2, 0.25) is 0 Å². The number of hydrogen-bond acceptors (Lipinski definition) is 6. The fourth-order valence-corrected chi connectivity index (χ4v) is 2.15. The second-order valence-corrected chi connectivity index (χ2v) is 5.36. The van der Waals surface area contributed by atoms with E-state index in [1.54, 1.807) is 0 Å². The van der Waals surface area contributed by atoms with E-state index in [9.17, 15) is 19.0 Å². The van der Waals surface area contributed by atoms with Crippen molar-refractivity contribution in [3.05, 3.63) is 60.2 Å². The molecule has 134 valence electrons. The molecule has 0 aliphatic heterocycles. The average Bonchev–Trinajstić information content (AvgIpc) is 2.59. The summed E-state index contributed by atoms with van der Waals surface area (Å²) in [6, 6.07) is 10.7. The van der Waals surface area contributed by atoms with Gasteiger partial charge in [-0.2, -0.15) is 0 Å². The molecule has 0 radical (unpaired) electrons. The van der Waals surface area contributed by atoms with Crippen molar-refractivity contribution < 1.29 is 28.5 Å². The van der Waals surface area contributed by atoms with Gasteiger partial charge in [0.2, 0.25) is 0 Å². The van der Waals surface area contributed by atoms with Crippen LogP contribution in [0.1, 0.15) is 0 Å². The van der Waals surface area contributed by atoms with E-state index in [1.807, 2.05) is 0 Å². The van der Waals surface area contributed by atoms with Gasteiger partial charge in [-0.05, 0) is 24.3 Å². The van der Waals surface area contributed by atoms with Crippen LogP contribution in [0.5, 0.6) is 34.5 Å². The number of aromatic hydroxyl groups is 2. The second kappa shape index (κ2) is 6.67. The minimum absolute atomic E-state index is 0.111. The molecule has 0 unspecified atom stereocenters. The Bertz CT molecular complexity index is 837. The van der Waals surface area contributed by atoms with Crippen LogP contribution < -0.4 is 20.9 Å². The molecule has 0 saturated carbocycles. The Morgan fingerprint density at radius 2 is 0.962 bits per heavy atom. The summed E-state index contributed by atoms with van der Waals surface area (Å²) in [5, 5.41) is 18.6. The van der Waals surface area contributed by atoms with Crippen LogP contribution in [0.4, 0.5) is 20.2 Å². The maximum Gasteiger partial charge on any atom is 0.175 e. The van der Waals surface area contributed by atoms with Gasteiger partial charge in [0.05, 0.1) is 11.4 Å². The quantitative estimate of drug-likeness (QED) is 0.411. The van der Waals surface area contributed by atoms with Gasteiger partial charge >= 0.3 is 0 Å². The SMILES string of the molecule is Nc1cc(Oc2ccc(Oc3cc(N)c(O)c(F)c3)cc2)cc(F)c1O. The predicted octanol–water partition coefficient (Wildman–Crippen LogP) is 4.13. The summed E-state index contributed by atoms with van der Waals surface area (Å²) in [5.41, 5.74) is 10.7. The molecule has 0 saturated heterocycles. The lowest BCUT2D eigenvalue weighted by atomic mass is 10.2. The molecule has 3 rings (SSSR count). The number of phenolic OH excluding ortho intramolecular Hbond substituents is 2. The van der Waals surface area contributed by atoms with E-state index in [0.717, 1.165) is 12.1 Å². The van der Waals surface area contributed by atoms with Gasteiger partial charge in [0.15, 0.2) is 23.1 Å². The first-order valence-electron chi connectivity index (χ1n) is 7.35. The molecule has 0 amide bonds. The molecule has 0 spiro atoms. The van der Waals surface area contributed by atoms with Crippen LogP contribution in [0.3, 0.4) is 0 Å². The predicted molar refractivity (Wildman–Crippen MR) is 91.5 cm³/mol. The average molecular weight is 360 g/mol. The van der Waals surface area contributed by atoms with Crippen molar-refractivity contribution in [2.75, 3.05) is 11.5 Å². The Labute approximate surface area is 146 Å². The molecule has 0 aliphatic rings. The van der Waals surface area contributed by atoms with Gasteiger partial charge < -0.3 is 31.2 Å². The Morgan fingerprint density at radius 3 is 1.27 bits per heavy atom. The van der Waals surface area contributed by atoms with Crippen LogP contribution in [0.25, 0.3) is 0 Å². The minimum Gasteiger partial charge on any atom is -0.503 e. The van der Waals surface area contributed by atoms with E-state index in [-0.39, 0.29) is 22.9 Å². The molecule has 0 heterocycles. The van der Waals surface area contributed by atoms with E-state index in [2.05, 4.69) is 0 Å². The van der Waals surface area contributed by atoms with Gasteiger partial charge in [0, 0.05) is 24.3 Å². The number of halogens is 2. The summed E-state index contributed by atoms with van der Waals surface area (Å²) in [6.07, 6.45) is 0. The molecule has 6 nitrogen and oxygen atoms in total. The van der Waals surface area contributed by atoms with Gasteiger partial charge in [-0.15, -0.1) is 0 Å². The summed E-state index contributed by atoms with van der Waals surface area (Å²) in [6.45, 7) is 0.